The van der Waals surface area contributed by atoms with E-state index in [1.807, 2.05) is 0 Å². The quantitative estimate of drug-likeness (QED) is 0.440. The second-order valence-electron chi connectivity index (χ2n) is 3.52. The summed E-state index contributed by atoms with van der Waals surface area (Å²) in [6, 6.07) is 0.186. The number of anilines is 1. The van der Waals surface area contributed by atoms with Gasteiger partial charge in [-0.3, -0.25) is 10.1 Å². The molecule has 0 amide bonds. The van der Waals surface area contributed by atoms with Gasteiger partial charge in [-0.2, -0.15) is 0 Å². The Morgan fingerprint density at radius 3 is 2.89 bits per heavy atom. The van der Waals surface area contributed by atoms with Gasteiger partial charge in [-0.15, -0.1) is 0 Å². The maximum Gasteiger partial charge on any atom is 0.330 e. The van der Waals surface area contributed by atoms with Gasteiger partial charge in [0, 0.05) is 11.8 Å². The average Bonchev–Trinajstić information content (AvgIpc) is 2.36. The number of hydrogen-bond acceptors (Lipinski definition) is 7. The molecule has 1 heterocycles. The predicted molar refractivity (Wildman–Crippen MR) is 62.1 cm³/mol. The molecule has 1 aromatic rings. The first kappa shape index (κ1) is 13.8. The Morgan fingerprint density at radius 2 is 2.39 bits per heavy atom. The number of aryl methyl sites for hydroxylation is 1. The topological polar surface area (TPSA) is 115 Å². The molecule has 0 spiro atoms. The van der Waals surface area contributed by atoms with E-state index in [0.29, 0.717) is 5.56 Å². The molecule has 1 atom stereocenters. The van der Waals surface area contributed by atoms with E-state index in [2.05, 4.69) is 15.0 Å². The number of carbonyl (C=O) groups is 1. The standard InChI is InChI=1S/C10H13N3O5/c1-6-4-11-9(3-8(6)13(16)17)12-7(5-14)10(15)18-2/h3-4,7,14H,5H2,1-2H3,(H,11,12). The van der Waals surface area contributed by atoms with Crippen molar-refractivity contribution in [2.75, 3.05) is 19.0 Å². The smallest absolute Gasteiger partial charge is 0.330 e. The molecule has 1 rings (SSSR count). The van der Waals surface area contributed by atoms with Gasteiger partial charge in [0.05, 0.1) is 24.7 Å². The highest BCUT2D eigenvalue weighted by molar-refractivity contribution is 5.79. The van der Waals surface area contributed by atoms with Gasteiger partial charge in [-0.1, -0.05) is 0 Å². The molecule has 2 N–H and O–H groups in total. The third kappa shape index (κ3) is 3.14. The minimum absolute atomic E-state index is 0.117. The van der Waals surface area contributed by atoms with Crippen molar-refractivity contribution in [3.8, 4) is 0 Å². The third-order valence-corrected chi connectivity index (χ3v) is 2.26. The van der Waals surface area contributed by atoms with Gasteiger partial charge < -0.3 is 15.2 Å². The number of aromatic nitrogens is 1. The zero-order valence-corrected chi connectivity index (χ0v) is 9.91. The number of aliphatic hydroxyl groups is 1. The lowest BCUT2D eigenvalue weighted by atomic mass is 10.2. The minimum atomic E-state index is -1.01. The Kier molecular flexibility index (Phi) is 4.55. The molecule has 0 radical (unpaired) electrons. The van der Waals surface area contributed by atoms with E-state index in [9.17, 15) is 14.9 Å². The number of nitrogens with zero attached hydrogens (tertiary/aromatic N) is 2. The molecule has 98 valence electrons. The minimum Gasteiger partial charge on any atom is -0.467 e. The van der Waals surface area contributed by atoms with Crippen LogP contribution in [0.4, 0.5) is 11.5 Å². The van der Waals surface area contributed by atoms with Crippen molar-refractivity contribution in [2.45, 2.75) is 13.0 Å². The maximum absolute atomic E-state index is 11.2. The van der Waals surface area contributed by atoms with E-state index in [0.717, 1.165) is 0 Å². The first-order valence-electron chi connectivity index (χ1n) is 5.05. The van der Waals surface area contributed by atoms with Crippen LogP contribution in [-0.2, 0) is 9.53 Å². The molecule has 8 heteroatoms. The number of methoxy groups -OCH3 is 1. The van der Waals surface area contributed by atoms with Crippen LogP contribution in [0.15, 0.2) is 12.3 Å². The number of ether oxygens (including phenoxy) is 1. The summed E-state index contributed by atoms with van der Waals surface area (Å²) in [5.41, 5.74) is 0.290. The van der Waals surface area contributed by atoms with E-state index in [-0.39, 0.29) is 11.5 Å². The number of nitrogens with one attached hydrogen (secondary N) is 1. The van der Waals surface area contributed by atoms with Crippen LogP contribution in [0.1, 0.15) is 5.56 Å². The summed E-state index contributed by atoms with van der Waals surface area (Å²) in [4.78, 5) is 25.3. The largest absolute Gasteiger partial charge is 0.467 e. The van der Waals surface area contributed by atoms with Crippen molar-refractivity contribution in [2.24, 2.45) is 0 Å². The molecule has 0 aliphatic heterocycles. The summed E-state index contributed by atoms with van der Waals surface area (Å²) in [5, 5.41) is 22.3. The van der Waals surface area contributed by atoms with Crippen LogP contribution in [-0.4, -0.2) is 40.7 Å². The van der Waals surface area contributed by atoms with Gasteiger partial charge in [-0.25, -0.2) is 9.78 Å². The molecule has 0 saturated carbocycles. The molecular weight excluding hydrogens is 242 g/mol. The Labute approximate surface area is 103 Å². The summed E-state index contributed by atoms with van der Waals surface area (Å²) in [6.07, 6.45) is 1.31. The Balaban J connectivity index is 2.94. The summed E-state index contributed by atoms with van der Waals surface area (Å²) in [5.74, 6) is -0.556. The summed E-state index contributed by atoms with van der Waals surface area (Å²) < 4.78 is 4.45. The zero-order chi connectivity index (χ0) is 13.7. The van der Waals surface area contributed by atoms with E-state index < -0.39 is 23.5 Å². The van der Waals surface area contributed by atoms with E-state index in [1.54, 1.807) is 6.92 Å². The molecule has 0 fully saturated rings. The number of pyridine rings is 1. The molecule has 18 heavy (non-hydrogen) atoms. The third-order valence-electron chi connectivity index (χ3n) is 2.26. The fraction of sp³-hybridized carbons (Fsp3) is 0.400. The van der Waals surface area contributed by atoms with Crippen LogP contribution >= 0.6 is 0 Å². The van der Waals surface area contributed by atoms with Crippen molar-refractivity contribution in [1.29, 1.82) is 0 Å². The normalized spacial score (nSPS) is 11.7. The molecule has 0 aromatic carbocycles. The maximum atomic E-state index is 11.2. The van der Waals surface area contributed by atoms with E-state index in [1.165, 1.54) is 19.4 Å². The van der Waals surface area contributed by atoms with Gasteiger partial charge in [0.25, 0.3) is 5.69 Å². The molecular formula is C10H13N3O5. The number of carbonyl (C=O) groups excluding carboxylic acids is 1. The van der Waals surface area contributed by atoms with Gasteiger partial charge in [0.1, 0.15) is 11.9 Å². The lowest BCUT2D eigenvalue weighted by Crippen LogP contribution is -2.34. The summed E-state index contributed by atoms with van der Waals surface area (Å²) in [7, 11) is 1.18. The summed E-state index contributed by atoms with van der Waals surface area (Å²) >= 11 is 0. The van der Waals surface area contributed by atoms with Crippen LogP contribution in [0.5, 0.6) is 0 Å². The fourth-order valence-electron chi connectivity index (χ4n) is 1.29. The van der Waals surface area contributed by atoms with Crippen LogP contribution < -0.4 is 5.32 Å². The van der Waals surface area contributed by atoms with Crippen molar-refractivity contribution in [3.05, 3.63) is 27.9 Å². The number of esters is 1. The lowest BCUT2D eigenvalue weighted by molar-refractivity contribution is -0.385. The van der Waals surface area contributed by atoms with Gasteiger partial charge in [0.15, 0.2) is 0 Å². The highest BCUT2D eigenvalue weighted by Gasteiger charge is 2.20. The van der Waals surface area contributed by atoms with E-state index in [4.69, 9.17) is 5.11 Å². The van der Waals surface area contributed by atoms with Crippen molar-refractivity contribution in [1.82, 2.24) is 4.98 Å². The molecule has 1 aromatic heterocycles. The molecule has 0 aliphatic rings. The Morgan fingerprint density at radius 1 is 1.72 bits per heavy atom. The van der Waals surface area contributed by atoms with Crippen LogP contribution in [0.25, 0.3) is 0 Å². The summed E-state index contributed by atoms with van der Waals surface area (Å²) in [6.45, 7) is 1.05. The predicted octanol–water partition coefficient (Wildman–Crippen LogP) is 0.244. The first-order valence-corrected chi connectivity index (χ1v) is 5.05. The van der Waals surface area contributed by atoms with E-state index >= 15 is 0 Å². The second kappa shape index (κ2) is 5.92. The molecule has 0 bridgehead atoms. The number of hydrogen-bond donors (Lipinski definition) is 2. The molecule has 8 nitrogen and oxygen atoms in total. The second-order valence-corrected chi connectivity index (χ2v) is 3.52. The number of nitro groups is 1. The number of rotatable bonds is 5. The van der Waals surface area contributed by atoms with Crippen molar-refractivity contribution < 1.29 is 19.6 Å². The van der Waals surface area contributed by atoms with Crippen molar-refractivity contribution in [3.63, 3.8) is 0 Å². The van der Waals surface area contributed by atoms with Gasteiger partial charge >= 0.3 is 5.97 Å². The molecule has 0 saturated heterocycles. The SMILES string of the molecule is COC(=O)C(CO)Nc1cc([N+](=O)[O-])c(C)cn1. The average molecular weight is 255 g/mol. The highest BCUT2D eigenvalue weighted by Crippen LogP contribution is 2.20. The van der Waals surface area contributed by atoms with Crippen molar-refractivity contribution >= 4 is 17.5 Å². The zero-order valence-electron chi connectivity index (χ0n) is 9.91. The van der Waals surface area contributed by atoms with Gasteiger partial charge in [0.2, 0.25) is 0 Å². The van der Waals surface area contributed by atoms with Crippen LogP contribution in [0.3, 0.4) is 0 Å². The van der Waals surface area contributed by atoms with Crippen LogP contribution in [0, 0.1) is 17.0 Å². The highest BCUT2D eigenvalue weighted by atomic mass is 16.6. The fourth-order valence-corrected chi connectivity index (χ4v) is 1.29. The monoisotopic (exact) mass is 255 g/mol. The first-order chi connectivity index (χ1) is 8.49. The lowest BCUT2D eigenvalue weighted by Gasteiger charge is -2.14. The van der Waals surface area contributed by atoms with Gasteiger partial charge in [-0.05, 0) is 6.92 Å². The molecule has 1 unspecified atom stereocenters. The molecule has 0 aliphatic carbocycles. The Hall–Kier alpha value is -2.22. The van der Waals surface area contributed by atoms with Crippen LogP contribution in [0.2, 0.25) is 0 Å². The number of aliphatic hydroxyl groups excluding tert-OH is 1. The Bertz CT molecular complexity index is 463.